The van der Waals surface area contributed by atoms with E-state index in [-0.39, 0.29) is 57.2 Å². The van der Waals surface area contributed by atoms with Crippen LogP contribution >= 0.6 is 0 Å². The Morgan fingerprint density at radius 2 is 1.71 bits per heavy atom. The molecule has 1 aliphatic rings. The van der Waals surface area contributed by atoms with Gasteiger partial charge in [-0.15, -0.1) is 0 Å². The molecule has 0 saturated carbocycles. The molecule has 0 unspecified atom stereocenters. The molecule has 1 N–H and O–H groups in total. The Balaban J connectivity index is 0. The zero-order chi connectivity index (χ0) is 14.7. The number of hydrogen-bond acceptors (Lipinski definition) is 3. The second kappa shape index (κ2) is 9.67. The molecule has 1 radical (unpaired) electrons. The molecule has 7 heteroatoms. The summed E-state index contributed by atoms with van der Waals surface area (Å²) in [6, 6.07) is 0. The van der Waals surface area contributed by atoms with Gasteiger partial charge in [-0.1, -0.05) is 0 Å². The van der Waals surface area contributed by atoms with Crippen LogP contribution in [-0.4, -0.2) is 28.6 Å². The van der Waals surface area contributed by atoms with Crippen LogP contribution in [0.5, 0.6) is 0 Å². The van der Waals surface area contributed by atoms with Crippen LogP contribution in [-0.2, 0) is 66.2 Å². The SMILES string of the molecule is CC(=O)NC([CH]=[W])=CC=[C-]B1OC(C)(C)C(C)(C)O1.[CH3-].[Y]. The normalized spacial score (nSPS) is 19.7. The molecule has 0 aromatic heterocycles. The Labute approximate surface area is 164 Å². The summed E-state index contributed by atoms with van der Waals surface area (Å²) in [6.45, 7) is 9.47. The van der Waals surface area contributed by atoms with E-state index in [2.05, 4.69) is 11.3 Å². The number of rotatable bonds is 4. The monoisotopic (exact) mass is 536 g/mol. The molecule has 1 rings (SSSR count). The Hall–Kier alpha value is 0.597. The summed E-state index contributed by atoms with van der Waals surface area (Å²) in [5, 5.41) is 2.72. The predicted octanol–water partition coefficient (Wildman–Crippen LogP) is 1.79. The van der Waals surface area contributed by atoms with Gasteiger partial charge in [-0.25, -0.2) is 0 Å². The number of allylic oxidation sites excluding steroid dienone is 3. The third kappa shape index (κ3) is 7.14. The molecule has 1 amide bonds. The molecule has 0 spiro atoms. The molecule has 0 aromatic carbocycles. The van der Waals surface area contributed by atoms with Crippen LogP contribution in [0.3, 0.4) is 0 Å². The smallest absolute Gasteiger partial charge is 0 e. The van der Waals surface area contributed by atoms with Gasteiger partial charge in [-0.05, 0) is 0 Å². The van der Waals surface area contributed by atoms with Gasteiger partial charge in [-0.3, -0.25) is 0 Å². The molecule has 1 fully saturated rings. The summed E-state index contributed by atoms with van der Waals surface area (Å²) < 4.78 is 13.4. The van der Waals surface area contributed by atoms with Crippen molar-refractivity contribution in [2.45, 2.75) is 45.8 Å². The maximum absolute atomic E-state index is 11.0. The van der Waals surface area contributed by atoms with Gasteiger partial charge in [0.05, 0.1) is 0 Å². The fourth-order valence-corrected chi connectivity index (χ4v) is 1.94. The van der Waals surface area contributed by atoms with Crippen LogP contribution in [0.15, 0.2) is 17.8 Å². The van der Waals surface area contributed by atoms with E-state index in [1.165, 1.54) is 26.3 Å². The minimum atomic E-state index is -0.482. The number of nitrogens with one attached hydrogen (secondary N) is 1. The van der Waals surface area contributed by atoms with Crippen LogP contribution in [0, 0.1) is 13.4 Å². The maximum Gasteiger partial charge on any atom is 0 e. The van der Waals surface area contributed by atoms with E-state index in [0.717, 1.165) is 5.70 Å². The van der Waals surface area contributed by atoms with Gasteiger partial charge in [0.1, 0.15) is 0 Å². The number of carbonyl (C=O) groups excluding carboxylic acids is 1. The van der Waals surface area contributed by atoms with Crippen molar-refractivity contribution in [3.05, 3.63) is 31.3 Å². The van der Waals surface area contributed by atoms with Crippen molar-refractivity contribution in [1.82, 2.24) is 5.32 Å². The topological polar surface area (TPSA) is 47.6 Å². The largest absolute Gasteiger partial charge is 0.358 e. The summed E-state index contributed by atoms with van der Waals surface area (Å²) >= 11 is 1.26. The third-order valence-corrected chi connectivity index (χ3v) is 4.11. The molecule has 21 heavy (non-hydrogen) atoms. The van der Waals surface area contributed by atoms with Gasteiger partial charge in [0.25, 0.3) is 0 Å². The first-order chi connectivity index (χ1) is 8.68. The van der Waals surface area contributed by atoms with Crippen molar-refractivity contribution in [2.75, 3.05) is 0 Å². The molecule has 4 nitrogen and oxygen atoms in total. The fourth-order valence-electron chi connectivity index (χ4n) is 1.44. The van der Waals surface area contributed by atoms with E-state index in [9.17, 15) is 4.79 Å². The summed E-state index contributed by atoms with van der Waals surface area (Å²) in [6.07, 6.45) is 3.49. The average molecular weight is 536 g/mol. The summed E-state index contributed by atoms with van der Waals surface area (Å²) in [7, 11) is -0.482. The van der Waals surface area contributed by atoms with Gasteiger partial charge in [-0.2, -0.15) is 0 Å². The Morgan fingerprint density at radius 3 is 2.10 bits per heavy atom. The Bertz CT molecular complexity index is 420. The van der Waals surface area contributed by atoms with Crippen molar-refractivity contribution in [1.29, 1.82) is 0 Å². The molecule has 0 bridgehead atoms. The number of amides is 1. The predicted molar refractivity (Wildman–Crippen MR) is 78.3 cm³/mol. The molecule has 1 aliphatic heterocycles. The first-order valence-electron chi connectivity index (χ1n) is 6.06. The summed E-state index contributed by atoms with van der Waals surface area (Å²) in [5.74, 6) is 2.93. The number of hydrogen-bond donors (Lipinski definition) is 1. The van der Waals surface area contributed by atoms with Crippen LogP contribution in [0.4, 0.5) is 0 Å². The van der Waals surface area contributed by atoms with Crippen molar-refractivity contribution in [3.63, 3.8) is 0 Å². The molecule has 1 saturated heterocycles. The standard InChI is InChI=1S/C13H19BNO3.CH3.W.Y/c1-10(15-11(2)16)8-7-9-14-17-12(3,4)13(5,6)18-14;;;/h1,7-8H,2-6H3,(H,15,16);1H3;;/q2*-1;;. The minimum Gasteiger partial charge on any atom is -0.358 e. The maximum atomic E-state index is 11.0. The van der Waals surface area contributed by atoms with Crippen LogP contribution in [0.25, 0.3) is 0 Å². The van der Waals surface area contributed by atoms with Crippen molar-refractivity contribution >= 4 is 17.4 Å². The van der Waals surface area contributed by atoms with Gasteiger partial charge in [0, 0.05) is 32.7 Å². The Morgan fingerprint density at radius 1 is 1.24 bits per heavy atom. The van der Waals surface area contributed by atoms with Gasteiger partial charge in [0.15, 0.2) is 0 Å². The second-order valence-corrected chi connectivity index (χ2v) is 6.19. The van der Waals surface area contributed by atoms with Gasteiger partial charge >= 0.3 is 126 Å². The van der Waals surface area contributed by atoms with E-state index in [0.29, 0.717) is 0 Å². The van der Waals surface area contributed by atoms with Gasteiger partial charge < -0.3 is 7.43 Å². The van der Waals surface area contributed by atoms with Crippen LogP contribution < -0.4 is 5.32 Å². The van der Waals surface area contributed by atoms with Crippen LogP contribution in [0.2, 0.25) is 0 Å². The summed E-state index contributed by atoms with van der Waals surface area (Å²) in [5.41, 5.74) is 0.0412. The van der Waals surface area contributed by atoms with Crippen molar-refractivity contribution < 1.29 is 66.2 Å². The van der Waals surface area contributed by atoms with Crippen molar-refractivity contribution in [3.8, 4) is 0 Å². The summed E-state index contributed by atoms with van der Waals surface area (Å²) in [4.78, 5) is 11.0. The molecule has 0 atom stereocenters. The van der Waals surface area contributed by atoms with E-state index in [4.69, 9.17) is 9.31 Å². The number of carbonyl (C=O) groups is 1. The first-order valence-corrected chi connectivity index (χ1v) is 7.75. The van der Waals surface area contributed by atoms with Crippen molar-refractivity contribution in [2.24, 2.45) is 0 Å². The van der Waals surface area contributed by atoms with E-state index < -0.39 is 7.12 Å². The zero-order valence-corrected chi connectivity index (χ0v) is 19.3. The quantitative estimate of drug-likeness (QED) is 0.339. The molecule has 0 aliphatic carbocycles. The first kappa shape index (κ1) is 23.9. The minimum absolute atomic E-state index is 0. The van der Waals surface area contributed by atoms with E-state index in [1.54, 1.807) is 12.2 Å². The van der Waals surface area contributed by atoms with E-state index >= 15 is 0 Å². The Kier molecular flexibility index (Phi) is 11.0. The van der Waals surface area contributed by atoms with Crippen LogP contribution in [0.1, 0.15) is 34.6 Å². The fraction of sp³-hybridized carbons (Fsp3) is 0.500. The molecule has 115 valence electrons. The van der Waals surface area contributed by atoms with Gasteiger partial charge in [0.2, 0.25) is 0 Å². The molecule has 0 aromatic rings. The third-order valence-electron chi connectivity index (χ3n) is 3.20. The average Bonchev–Trinajstić information content (AvgIpc) is 2.45. The molecular formula is C14H22BNO3WY-2. The molecule has 1 heterocycles. The van der Waals surface area contributed by atoms with E-state index in [1.807, 2.05) is 32.1 Å². The zero-order valence-electron chi connectivity index (χ0n) is 13.5. The molecular weight excluding hydrogens is 514 g/mol. The second-order valence-electron chi connectivity index (χ2n) is 5.34.